The van der Waals surface area contributed by atoms with E-state index in [1.54, 1.807) is 37.5 Å². The quantitative estimate of drug-likeness (QED) is 0.393. The van der Waals surface area contributed by atoms with E-state index in [-0.39, 0.29) is 24.3 Å². The van der Waals surface area contributed by atoms with Crippen LogP contribution in [-0.2, 0) is 4.79 Å². The van der Waals surface area contributed by atoms with Crippen LogP contribution < -0.4 is 9.47 Å². The average molecular weight is 470 g/mol. The minimum Gasteiger partial charge on any atom is -0.495 e. The number of rotatable bonds is 7. The molecule has 0 radical (unpaired) electrons. The molecule has 164 valence electrons. The van der Waals surface area contributed by atoms with Gasteiger partial charge in [0.25, 0.3) is 11.1 Å². The van der Waals surface area contributed by atoms with E-state index in [9.17, 15) is 9.59 Å². The Kier molecular flexibility index (Phi) is 6.58. The van der Waals surface area contributed by atoms with E-state index in [0.29, 0.717) is 32.9 Å². The van der Waals surface area contributed by atoms with Crippen LogP contribution in [0.3, 0.4) is 0 Å². The van der Waals surface area contributed by atoms with E-state index < -0.39 is 0 Å². The number of thioether (sulfide) groups is 1. The lowest BCUT2D eigenvalue weighted by atomic mass is 10.2. The standard InChI is InChI=1S/C24H20ClNO5S/c1-15-3-6-17(7-4-15)30-12-11-26-23(27)22(32-24(26)28)14-18-8-10-20(31-18)16-5-9-21(29-2)19(25)13-16/h3-10,13-14H,11-12H2,1-2H3/b22-14-. The highest BCUT2D eigenvalue weighted by Crippen LogP contribution is 2.34. The van der Waals surface area contributed by atoms with Crippen LogP contribution in [0, 0.1) is 6.92 Å². The topological polar surface area (TPSA) is 69.0 Å². The molecular formula is C24H20ClNO5S. The van der Waals surface area contributed by atoms with Crippen molar-refractivity contribution >= 4 is 40.6 Å². The highest BCUT2D eigenvalue weighted by atomic mass is 35.5. The van der Waals surface area contributed by atoms with Gasteiger partial charge < -0.3 is 13.9 Å². The highest BCUT2D eigenvalue weighted by Gasteiger charge is 2.35. The van der Waals surface area contributed by atoms with Crippen LogP contribution in [0.25, 0.3) is 17.4 Å². The fourth-order valence-corrected chi connectivity index (χ4v) is 4.22. The number of benzene rings is 2. The monoisotopic (exact) mass is 469 g/mol. The van der Waals surface area contributed by atoms with Crippen LogP contribution in [-0.4, -0.2) is 36.3 Å². The first-order valence-corrected chi connectivity index (χ1v) is 11.0. The molecule has 32 heavy (non-hydrogen) atoms. The second-order valence-corrected chi connectivity index (χ2v) is 8.45. The number of imide groups is 1. The van der Waals surface area contributed by atoms with Gasteiger partial charge in [-0.15, -0.1) is 0 Å². The van der Waals surface area contributed by atoms with E-state index >= 15 is 0 Å². The van der Waals surface area contributed by atoms with E-state index in [0.717, 1.165) is 22.9 Å². The highest BCUT2D eigenvalue weighted by molar-refractivity contribution is 8.18. The third-order valence-corrected chi connectivity index (χ3v) is 6.02. The van der Waals surface area contributed by atoms with Crippen molar-refractivity contribution in [3.8, 4) is 22.8 Å². The number of furan rings is 1. The Morgan fingerprint density at radius 1 is 1.09 bits per heavy atom. The van der Waals surface area contributed by atoms with Gasteiger partial charge in [-0.1, -0.05) is 29.3 Å². The largest absolute Gasteiger partial charge is 0.495 e. The Balaban J connectivity index is 1.41. The SMILES string of the molecule is COc1ccc(-c2ccc(/C=C3\SC(=O)N(CCOc4ccc(C)cc4)C3=O)o2)cc1Cl. The minimum atomic E-state index is -0.363. The summed E-state index contributed by atoms with van der Waals surface area (Å²) in [6.07, 6.45) is 1.57. The molecule has 1 aliphatic rings. The van der Waals surface area contributed by atoms with Gasteiger partial charge in [-0.25, -0.2) is 0 Å². The summed E-state index contributed by atoms with van der Waals surface area (Å²) in [6, 6.07) is 16.4. The summed E-state index contributed by atoms with van der Waals surface area (Å²) in [6.45, 7) is 2.38. The van der Waals surface area contributed by atoms with Crippen LogP contribution in [0.4, 0.5) is 4.79 Å². The van der Waals surface area contributed by atoms with E-state index in [2.05, 4.69) is 0 Å². The van der Waals surface area contributed by atoms with Crippen molar-refractivity contribution in [1.82, 2.24) is 4.90 Å². The van der Waals surface area contributed by atoms with Gasteiger partial charge in [-0.2, -0.15) is 0 Å². The molecule has 1 aliphatic heterocycles. The maximum Gasteiger partial charge on any atom is 0.293 e. The van der Waals surface area contributed by atoms with Crippen molar-refractivity contribution in [2.75, 3.05) is 20.3 Å². The molecule has 6 nitrogen and oxygen atoms in total. The summed E-state index contributed by atoms with van der Waals surface area (Å²) >= 11 is 7.07. The van der Waals surface area contributed by atoms with Crippen LogP contribution in [0.1, 0.15) is 11.3 Å². The summed E-state index contributed by atoms with van der Waals surface area (Å²) in [5.74, 6) is 1.96. The minimum absolute atomic E-state index is 0.170. The van der Waals surface area contributed by atoms with Crippen LogP contribution in [0.15, 0.2) is 63.9 Å². The molecule has 8 heteroatoms. The number of nitrogens with zero attached hydrogens (tertiary/aromatic N) is 1. The summed E-state index contributed by atoms with van der Waals surface area (Å²) in [5, 5.41) is 0.138. The number of carbonyl (C=O) groups is 2. The molecule has 0 atom stereocenters. The third-order valence-electron chi connectivity index (χ3n) is 4.81. The molecule has 3 aromatic rings. The van der Waals surface area contributed by atoms with Crippen molar-refractivity contribution in [2.45, 2.75) is 6.92 Å². The molecule has 1 saturated heterocycles. The molecule has 1 aromatic heterocycles. The number of halogens is 1. The van der Waals surface area contributed by atoms with E-state index in [4.69, 9.17) is 25.5 Å². The first-order chi connectivity index (χ1) is 15.4. The van der Waals surface area contributed by atoms with Crippen molar-refractivity contribution in [1.29, 1.82) is 0 Å². The van der Waals surface area contributed by atoms with Crippen molar-refractivity contribution in [3.05, 3.63) is 75.8 Å². The predicted octanol–water partition coefficient (Wildman–Crippen LogP) is 6.03. The molecule has 2 amide bonds. The fourth-order valence-electron chi connectivity index (χ4n) is 3.12. The summed E-state index contributed by atoms with van der Waals surface area (Å²) in [5.41, 5.74) is 1.90. The van der Waals surface area contributed by atoms with Crippen LogP contribution in [0.5, 0.6) is 11.5 Å². The maximum atomic E-state index is 12.7. The third kappa shape index (κ3) is 4.84. The van der Waals surface area contributed by atoms with Gasteiger partial charge in [-0.05, 0) is 61.2 Å². The van der Waals surface area contributed by atoms with Crippen molar-refractivity contribution < 1.29 is 23.5 Å². The van der Waals surface area contributed by atoms with Crippen LogP contribution >= 0.6 is 23.4 Å². The number of aryl methyl sites for hydroxylation is 1. The molecule has 0 unspecified atom stereocenters. The summed E-state index contributed by atoms with van der Waals surface area (Å²) in [4.78, 5) is 26.5. The molecule has 1 fully saturated rings. The van der Waals surface area contributed by atoms with Gasteiger partial charge in [0.15, 0.2) is 0 Å². The lowest BCUT2D eigenvalue weighted by molar-refractivity contribution is -0.123. The van der Waals surface area contributed by atoms with Crippen molar-refractivity contribution in [2.24, 2.45) is 0 Å². The molecule has 0 N–H and O–H groups in total. The van der Waals surface area contributed by atoms with Gasteiger partial charge in [0.1, 0.15) is 29.6 Å². The van der Waals surface area contributed by atoms with Gasteiger partial charge in [0.05, 0.1) is 23.6 Å². The number of carbonyl (C=O) groups excluding carboxylic acids is 2. The first-order valence-electron chi connectivity index (χ1n) is 9.83. The number of hydrogen-bond acceptors (Lipinski definition) is 6. The van der Waals surface area contributed by atoms with E-state index in [1.165, 1.54) is 4.90 Å². The zero-order valence-electron chi connectivity index (χ0n) is 17.5. The average Bonchev–Trinajstić information content (AvgIpc) is 3.35. The lowest BCUT2D eigenvalue weighted by Crippen LogP contribution is -2.32. The fraction of sp³-hybridized carbons (Fsp3) is 0.167. The number of methoxy groups -OCH3 is 1. The van der Waals surface area contributed by atoms with Crippen LogP contribution in [0.2, 0.25) is 5.02 Å². The summed E-state index contributed by atoms with van der Waals surface area (Å²) < 4.78 is 16.6. The zero-order valence-corrected chi connectivity index (χ0v) is 19.0. The first kappa shape index (κ1) is 22.0. The molecule has 0 saturated carbocycles. The molecule has 2 heterocycles. The second-order valence-electron chi connectivity index (χ2n) is 7.05. The number of amides is 2. The summed E-state index contributed by atoms with van der Waals surface area (Å²) in [7, 11) is 1.55. The number of ether oxygens (including phenoxy) is 2. The van der Waals surface area contributed by atoms with Gasteiger partial charge in [0, 0.05) is 11.6 Å². The molecule has 0 spiro atoms. The van der Waals surface area contributed by atoms with Gasteiger partial charge >= 0.3 is 0 Å². The zero-order chi connectivity index (χ0) is 22.7. The Morgan fingerprint density at radius 2 is 1.88 bits per heavy atom. The second kappa shape index (κ2) is 9.54. The molecule has 0 aliphatic carbocycles. The Bertz CT molecular complexity index is 1190. The Morgan fingerprint density at radius 3 is 2.59 bits per heavy atom. The maximum absolute atomic E-state index is 12.7. The molecular weight excluding hydrogens is 450 g/mol. The normalized spacial score (nSPS) is 15.0. The molecule has 0 bridgehead atoms. The number of hydrogen-bond donors (Lipinski definition) is 0. The predicted molar refractivity (Wildman–Crippen MR) is 125 cm³/mol. The Labute approximate surface area is 194 Å². The van der Waals surface area contributed by atoms with Gasteiger partial charge in [0.2, 0.25) is 0 Å². The smallest absolute Gasteiger partial charge is 0.293 e. The van der Waals surface area contributed by atoms with Gasteiger partial charge in [-0.3, -0.25) is 14.5 Å². The van der Waals surface area contributed by atoms with Crippen molar-refractivity contribution in [3.63, 3.8) is 0 Å². The lowest BCUT2D eigenvalue weighted by Gasteiger charge is -2.13. The molecule has 2 aromatic carbocycles. The molecule has 4 rings (SSSR count). The Hall–Kier alpha value is -3.16. The van der Waals surface area contributed by atoms with E-state index in [1.807, 2.05) is 37.3 Å².